The van der Waals surface area contributed by atoms with Gasteiger partial charge in [0.2, 0.25) is 5.91 Å². The molecule has 1 aromatic carbocycles. The molecule has 0 aromatic heterocycles. The number of rotatable bonds is 4. The minimum absolute atomic E-state index is 0.0818. The van der Waals surface area contributed by atoms with Crippen LogP contribution in [0.25, 0.3) is 0 Å². The summed E-state index contributed by atoms with van der Waals surface area (Å²) in [5.41, 5.74) is 0.428. The van der Waals surface area contributed by atoms with Crippen molar-refractivity contribution in [3.05, 3.63) is 23.8 Å². The highest BCUT2D eigenvalue weighted by Gasteiger charge is 2.06. The number of benzene rings is 1. The van der Waals surface area contributed by atoms with Gasteiger partial charge in [-0.15, -0.1) is 0 Å². The average Bonchev–Trinajstić information content (AvgIpc) is 2.16. The van der Waals surface area contributed by atoms with Crippen LogP contribution in [0.5, 0.6) is 5.75 Å². The molecular weight excluding hydrogens is 234 g/mol. The molecule has 86 valence electrons. The van der Waals surface area contributed by atoms with E-state index in [9.17, 15) is 18.4 Å². The lowest BCUT2D eigenvalue weighted by molar-refractivity contribution is -0.114. The Morgan fingerprint density at radius 3 is 2.75 bits per heavy atom. The van der Waals surface area contributed by atoms with Crippen molar-refractivity contribution in [2.24, 2.45) is 0 Å². The molecule has 0 saturated heterocycles. The number of carbonyl (C=O) groups excluding carboxylic acids is 2. The van der Waals surface area contributed by atoms with Gasteiger partial charge in [0.15, 0.2) is 12.0 Å². The second-order valence-corrected chi connectivity index (χ2v) is 3.41. The van der Waals surface area contributed by atoms with Crippen molar-refractivity contribution in [3.63, 3.8) is 0 Å². The minimum atomic E-state index is -2.77. The van der Waals surface area contributed by atoms with E-state index in [4.69, 9.17) is 0 Å². The van der Waals surface area contributed by atoms with Crippen LogP contribution in [0.2, 0.25) is 0 Å². The van der Waals surface area contributed by atoms with E-state index in [-0.39, 0.29) is 17.2 Å². The summed E-state index contributed by atoms with van der Waals surface area (Å²) in [7, 11) is 0. The molecule has 0 spiro atoms. The van der Waals surface area contributed by atoms with E-state index in [1.165, 1.54) is 25.1 Å². The smallest absolute Gasteiger partial charge is 0.221 e. The molecule has 0 fully saturated rings. The van der Waals surface area contributed by atoms with Gasteiger partial charge in [0.1, 0.15) is 11.4 Å². The lowest BCUT2D eigenvalue weighted by Gasteiger charge is -2.10. The lowest BCUT2D eigenvalue weighted by Crippen LogP contribution is -2.07. The first-order valence-electron chi connectivity index (χ1n) is 4.17. The van der Waals surface area contributed by atoms with Crippen LogP contribution in [0, 0.1) is 0 Å². The van der Waals surface area contributed by atoms with Gasteiger partial charge in [-0.1, -0.05) is 0 Å². The summed E-state index contributed by atoms with van der Waals surface area (Å²) in [5, 5.41) is 2.43. The molecule has 0 aliphatic rings. The number of carbonyl (C=O) groups is 2. The fraction of sp³-hybridized carbons (Fsp3) is 0.111. The van der Waals surface area contributed by atoms with Gasteiger partial charge >= 0.3 is 0 Å². The molecule has 0 aliphatic carbocycles. The van der Waals surface area contributed by atoms with E-state index < -0.39 is 11.4 Å². The van der Waals surface area contributed by atoms with Crippen molar-refractivity contribution in [2.75, 3.05) is 5.32 Å². The summed E-state index contributed by atoms with van der Waals surface area (Å²) in [6.45, 7) is 1.31. The molecule has 1 aromatic rings. The summed E-state index contributed by atoms with van der Waals surface area (Å²) < 4.78 is 25.1. The van der Waals surface area contributed by atoms with Gasteiger partial charge < -0.3 is 14.1 Å². The summed E-state index contributed by atoms with van der Waals surface area (Å²) >= 11 is -2.77. The molecule has 6 nitrogen and oxygen atoms in total. The molecule has 1 atom stereocenters. The highest BCUT2D eigenvalue weighted by Crippen LogP contribution is 2.22. The first-order chi connectivity index (χ1) is 7.52. The van der Waals surface area contributed by atoms with Gasteiger partial charge in [0, 0.05) is 18.7 Å². The summed E-state index contributed by atoms with van der Waals surface area (Å²) in [6.07, 6.45) is 0.458. The van der Waals surface area contributed by atoms with E-state index in [1.807, 2.05) is 0 Å². The number of hydrogen-bond acceptors (Lipinski definition) is 5. The molecule has 0 aliphatic heterocycles. The van der Waals surface area contributed by atoms with Crippen LogP contribution in [0.1, 0.15) is 17.3 Å². The molecule has 16 heavy (non-hydrogen) atoms. The monoisotopic (exact) mass is 242 g/mol. The Morgan fingerprint density at radius 2 is 2.25 bits per heavy atom. The molecule has 1 amide bonds. The molecule has 0 radical (unpaired) electrons. The number of anilines is 1. The molecule has 1 N–H and O–H groups in total. The maximum Gasteiger partial charge on any atom is 0.221 e. The second kappa shape index (κ2) is 5.38. The number of amides is 1. The fourth-order valence-electron chi connectivity index (χ4n) is 1.06. The van der Waals surface area contributed by atoms with Crippen LogP contribution in [-0.4, -0.2) is 21.0 Å². The van der Waals surface area contributed by atoms with E-state index in [1.54, 1.807) is 0 Å². The van der Waals surface area contributed by atoms with Gasteiger partial charge in [-0.05, 0) is 12.1 Å². The van der Waals surface area contributed by atoms with Gasteiger partial charge in [0.05, 0.1) is 5.56 Å². The third-order valence-electron chi connectivity index (χ3n) is 1.62. The van der Waals surface area contributed by atoms with Gasteiger partial charge in [-0.2, -0.15) is 0 Å². The molecule has 0 heterocycles. The number of aldehydes is 1. The van der Waals surface area contributed by atoms with Crippen LogP contribution < -0.4 is 9.50 Å². The van der Waals surface area contributed by atoms with Crippen molar-refractivity contribution in [1.29, 1.82) is 0 Å². The van der Waals surface area contributed by atoms with E-state index in [0.717, 1.165) is 0 Å². The number of nitrogens with one attached hydrogen (secondary N) is 1. The van der Waals surface area contributed by atoms with Crippen LogP contribution in [0.4, 0.5) is 5.69 Å². The third-order valence-corrected chi connectivity index (χ3v) is 1.93. The van der Waals surface area contributed by atoms with Gasteiger partial charge in [-0.3, -0.25) is 9.59 Å². The third kappa shape index (κ3) is 3.44. The van der Waals surface area contributed by atoms with Crippen molar-refractivity contribution < 1.29 is 22.5 Å². The first kappa shape index (κ1) is 12.3. The first-order valence-corrected chi connectivity index (χ1v) is 5.17. The van der Waals surface area contributed by atoms with Crippen molar-refractivity contribution in [1.82, 2.24) is 0 Å². The maximum atomic E-state index is 10.8. The zero-order chi connectivity index (χ0) is 12.1. The topological polar surface area (TPSA) is 95.5 Å². The second-order valence-electron chi connectivity index (χ2n) is 2.84. The Balaban J connectivity index is 3.05. The Hall–Kier alpha value is -1.73. The van der Waals surface area contributed by atoms with Crippen LogP contribution in [0.15, 0.2) is 18.2 Å². The maximum absolute atomic E-state index is 10.8. The van der Waals surface area contributed by atoms with E-state index in [2.05, 4.69) is 9.50 Å². The Morgan fingerprint density at radius 1 is 1.56 bits per heavy atom. The average molecular weight is 242 g/mol. The predicted octanol–water partition coefficient (Wildman–Crippen LogP) is 0.630. The van der Waals surface area contributed by atoms with Crippen LogP contribution >= 0.6 is 0 Å². The van der Waals surface area contributed by atoms with Crippen molar-refractivity contribution in [3.8, 4) is 5.75 Å². The summed E-state index contributed by atoms with van der Waals surface area (Å²) in [5.74, 6) is -0.442. The molecule has 0 saturated carbocycles. The number of hydrogen-bond donors (Lipinski definition) is 1. The Kier molecular flexibility index (Phi) is 4.15. The van der Waals surface area contributed by atoms with Gasteiger partial charge in [-0.25, -0.2) is 4.21 Å². The standard InChI is InChI=1S/C9H9NO5S/c1-6(12)10-8-3-2-7(5-11)9(4-8)15-16(13)14/h2-5H,1H3,(H,10,12)(H,13,14)/p-1. The SMILES string of the molecule is CC(=O)Nc1ccc(C=O)c(OS(=O)[O-])c1. The largest absolute Gasteiger partial charge is 0.740 e. The molecule has 7 heteroatoms. The lowest BCUT2D eigenvalue weighted by atomic mass is 10.2. The molecular formula is C9H8NO5S-. The van der Waals surface area contributed by atoms with Crippen molar-refractivity contribution in [2.45, 2.75) is 6.92 Å². The van der Waals surface area contributed by atoms with Gasteiger partial charge in [0.25, 0.3) is 0 Å². The quantitative estimate of drug-likeness (QED) is 0.617. The normalized spacial score (nSPS) is 11.6. The van der Waals surface area contributed by atoms with Crippen LogP contribution in [0.3, 0.4) is 0 Å². The van der Waals surface area contributed by atoms with Crippen molar-refractivity contribution >= 4 is 29.2 Å². The Bertz CT molecular complexity index is 446. The summed E-state index contributed by atoms with van der Waals surface area (Å²) in [6, 6.07) is 4.06. The fourth-order valence-corrected chi connectivity index (χ4v) is 1.35. The molecule has 0 bridgehead atoms. The molecule has 1 rings (SSSR count). The van der Waals surface area contributed by atoms with E-state index in [0.29, 0.717) is 12.0 Å². The zero-order valence-corrected chi connectivity index (χ0v) is 9.08. The highest BCUT2D eigenvalue weighted by molar-refractivity contribution is 7.74. The zero-order valence-electron chi connectivity index (χ0n) is 8.26. The van der Waals surface area contributed by atoms with Crippen LogP contribution in [-0.2, 0) is 16.2 Å². The Labute approximate surface area is 94.1 Å². The highest BCUT2D eigenvalue weighted by atomic mass is 32.2. The van der Waals surface area contributed by atoms with E-state index >= 15 is 0 Å². The predicted molar refractivity (Wildman–Crippen MR) is 55.7 cm³/mol. The minimum Gasteiger partial charge on any atom is -0.740 e. The summed E-state index contributed by atoms with van der Waals surface area (Å²) in [4.78, 5) is 21.3. The molecule has 1 unspecified atom stereocenters.